The molecular formula is C12H14FNO2. The lowest BCUT2D eigenvalue weighted by atomic mass is 9.97. The zero-order valence-corrected chi connectivity index (χ0v) is 9.13. The second-order valence-electron chi connectivity index (χ2n) is 3.92. The Kier molecular flexibility index (Phi) is 3.19. The molecule has 3 nitrogen and oxygen atoms in total. The lowest BCUT2D eigenvalue weighted by molar-refractivity contribution is 0.0595. The van der Waals surface area contributed by atoms with Crippen LogP contribution in [0.4, 0.5) is 4.39 Å². The van der Waals surface area contributed by atoms with E-state index in [0.717, 1.165) is 25.1 Å². The number of halogens is 1. The summed E-state index contributed by atoms with van der Waals surface area (Å²) in [7, 11) is 1.25. The van der Waals surface area contributed by atoms with Gasteiger partial charge in [0.25, 0.3) is 0 Å². The number of nitrogens with one attached hydrogen (secondary N) is 1. The minimum atomic E-state index is -0.631. The summed E-state index contributed by atoms with van der Waals surface area (Å²) in [5.74, 6) is -0.786. The van der Waals surface area contributed by atoms with Gasteiger partial charge in [-0.05, 0) is 36.6 Å². The van der Waals surface area contributed by atoms with Crippen LogP contribution in [0.15, 0.2) is 18.2 Å². The third kappa shape index (κ3) is 2.07. The Balaban J connectivity index is 2.25. The predicted molar refractivity (Wildman–Crippen MR) is 58.0 cm³/mol. The minimum absolute atomic E-state index is 0.00259. The van der Waals surface area contributed by atoms with Crippen molar-refractivity contribution in [2.75, 3.05) is 20.2 Å². The summed E-state index contributed by atoms with van der Waals surface area (Å²) < 4.78 is 18.1. The fraction of sp³-hybridized carbons (Fsp3) is 0.417. The highest BCUT2D eigenvalue weighted by molar-refractivity contribution is 5.89. The molecule has 0 amide bonds. The van der Waals surface area contributed by atoms with E-state index in [1.165, 1.54) is 19.2 Å². The number of esters is 1. The molecule has 0 radical (unpaired) electrons. The van der Waals surface area contributed by atoms with Crippen molar-refractivity contribution >= 4 is 5.97 Å². The van der Waals surface area contributed by atoms with Gasteiger partial charge < -0.3 is 10.1 Å². The van der Waals surface area contributed by atoms with Gasteiger partial charge in [-0.1, -0.05) is 6.07 Å². The van der Waals surface area contributed by atoms with E-state index in [4.69, 9.17) is 0 Å². The van der Waals surface area contributed by atoms with E-state index >= 15 is 0 Å². The quantitative estimate of drug-likeness (QED) is 0.775. The minimum Gasteiger partial charge on any atom is -0.465 e. The first-order valence-electron chi connectivity index (χ1n) is 5.31. The zero-order valence-electron chi connectivity index (χ0n) is 9.13. The van der Waals surface area contributed by atoms with Gasteiger partial charge in [-0.2, -0.15) is 0 Å². The second-order valence-corrected chi connectivity index (χ2v) is 3.92. The molecule has 16 heavy (non-hydrogen) atoms. The van der Waals surface area contributed by atoms with Crippen molar-refractivity contribution in [1.82, 2.24) is 5.32 Å². The average Bonchev–Trinajstić information content (AvgIpc) is 2.81. The molecule has 1 atom stereocenters. The summed E-state index contributed by atoms with van der Waals surface area (Å²) in [4.78, 5) is 11.2. The molecule has 1 unspecified atom stereocenters. The number of hydrogen-bond acceptors (Lipinski definition) is 3. The van der Waals surface area contributed by atoms with Crippen LogP contribution in [0.2, 0.25) is 0 Å². The van der Waals surface area contributed by atoms with Gasteiger partial charge in [-0.3, -0.25) is 0 Å². The first-order valence-corrected chi connectivity index (χ1v) is 5.31. The van der Waals surface area contributed by atoms with Gasteiger partial charge in [0.15, 0.2) is 0 Å². The molecule has 4 heteroatoms. The molecule has 0 spiro atoms. The summed E-state index contributed by atoms with van der Waals surface area (Å²) in [6.07, 6.45) is 1.01. The van der Waals surface area contributed by atoms with Crippen LogP contribution >= 0.6 is 0 Å². The van der Waals surface area contributed by atoms with Crippen molar-refractivity contribution in [3.05, 3.63) is 35.1 Å². The van der Waals surface area contributed by atoms with Gasteiger partial charge in [0.2, 0.25) is 0 Å². The van der Waals surface area contributed by atoms with Crippen molar-refractivity contribution in [2.45, 2.75) is 12.3 Å². The summed E-state index contributed by atoms with van der Waals surface area (Å²) in [5, 5.41) is 3.22. The Bertz CT molecular complexity index is 400. The highest BCUT2D eigenvalue weighted by Crippen LogP contribution is 2.24. The largest absolute Gasteiger partial charge is 0.465 e. The lowest BCUT2D eigenvalue weighted by Crippen LogP contribution is -2.09. The molecule has 0 bridgehead atoms. The normalized spacial score (nSPS) is 19.8. The molecule has 0 aliphatic carbocycles. The number of methoxy groups -OCH3 is 1. The third-order valence-electron chi connectivity index (χ3n) is 2.93. The molecule has 2 rings (SSSR count). The molecule has 0 saturated carbocycles. The van der Waals surface area contributed by atoms with Crippen molar-refractivity contribution < 1.29 is 13.9 Å². The van der Waals surface area contributed by atoms with Gasteiger partial charge >= 0.3 is 5.97 Å². The lowest BCUT2D eigenvalue weighted by Gasteiger charge is -2.10. The summed E-state index contributed by atoms with van der Waals surface area (Å²) >= 11 is 0. The SMILES string of the molecule is COC(=O)c1ccc(C2CCNC2)cc1F. The van der Waals surface area contributed by atoms with Crippen LogP contribution in [0.5, 0.6) is 0 Å². The molecule has 1 aromatic rings. The topological polar surface area (TPSA) is 38.3 Å². The fourth-order valence-electron chi connectivity index (χ4n) is 2.00. The molecule has 1 N–H and O–H groups in total. The maximum atomic E-state index is 13.6. The van der Waals surface area contributed by atoms with Crippen molar-refractivity contribution in [3.8, 4) is 0 Å². The fourth-order valence-corrected chi connectivity index (χ4v) is 2.00. The monoisotopic (exact) mass is 223 g/mol. The average molecular weight is 223 g/mol. The number of carbonyl (C=O) groups is 1. The van der Waals surface area contributed by atoms with Gasteiger partial charge in [0.05, 0.1) is 12.7 Å². The summed E-state index contributed by atoms with van der Waals surface area (Å²) in [5.41, 5.74) is 0.937. The van der Waals surface area contributed by atoms with E-state index in [-0.39, 0.29) is 5.56 Å². The number of hydrogen-bond donors (Lipinski definition) is 1. The van der Waals surface area contributed by atoms with E-state index in [9.17, 15) is 9.18 Å². The molecule has 86 valence electrons. The highest BCUT2D eigenvalue weighted by atomic mass is 19.1. The summed E-state index contributed by atoms with van der Waals surface area (Å²) in [6.45, 7) is 1.84. The maximum absolute atomic E-state index is 13.6. The molecule has 1 heterocycles. The molecule has 1 aromatic carbocycles. The van der Waals surface area contributed by atoms with Crippen molar-refractivity contribution in [1.29, 1.82) is 0 Å². The Morgan fingerprint density at radius 2 is 2.38 bits per heavy atom. The third-order valence-corrected chi connectivity index (χ3v) is 2.93. The van der Waals surface area contributed by atoms with Crippen LogP contribution < -0.4 is 5.32 Å². The maximum Gasteiger partial charge on any atom is 0.340 e. The van der Waals surface area contributed by atoms with Crippen molar-refractivity contribution in [3.63, 3.8) is 0 Å². The molecule has 1 saturated heterocycles. The van der Waals surface area contributed by atoms with Crippen LogP contribution in [0, 0.1) is 5.82 Å². The van der Waals surface area contributed by atoms with Crippen LogP contribution in [0.25, 0.3) is 0 Å². The molecular weight excluding hydrogens is 209 g/mol. The first kappa shape index (κ1) is 11.1. The van der Waals surface area contributed by atoms with Gasteiger partial charge in [-0.25, -0.2) is 9.18 Å². The van der Waals surface area contributed by atoms with E-state index in [0.29, 0.717) is 5.92 Å². The predicted octanol–water partition coefficient (Wildman–Crippen LogP) is 1.69. The van der Waals surface area contributed by atoms with Crippen LogP contribution in [0.1, 0.15) is 28.3 Å². The van der Waals surface area contributed by atoms with Gasteiger partial charge in [0, 0.05) is 6.54 Å². The highest BCUT2D eigenvalue weighted by Gasteiger charge is 2.19. The Morgan fingerprint density at radius 1 is 1.56 bits per heavy atom. The smallest absolute Gasteiger partial charge is 0.340 e. The molecule has 1 aliphatic heterocycles. The van der Waals surface area contributed by atoms with E-state index in [2.05, 4.69) is 10.1 Å². The molecule has 0 aromatic heterocycles. The van der Waals surface area contributed by atoms with Gasteiger partial charge in [-0.15, -0.1) is 0 Å². The molecule has 1 aliphatic rings. The summed E-state index contributed by atoms with van der Waals surface area (Å²) in [6, 6.07) is 4.73. The Labute approximate surface area is 93.6 Å². The second kappa shape index (κ2) is 4.61. The first-order chi connectivity index (χ1) is 7.72. The van der Waals surface area contributed by atoms with Crippen LogP contribution in [-0.2, 0) is 4.74 Å². The van der Waals surface area contributed by atoms with Gasteiger partial charge in [0.1, 0.15) is 5.82 Å². The van der Waals surface area contributed by atoms with Crippen molar-refractivity contribution in [2.24, 2.45) is 0 Å². The number of carbonyl (C=O) groups excluding carboxylic acids is 1. The van der Waals surface area contributed by atoms with Crippen LogP contribution in [0.3, 0.4) is 0 Å². The van der Waals surface area contributed by atoms with E-state index in [1.54, 1.807) is 6.07 Å². The Morgan fingerprint density at radius 3 is 2.94 bits per heavy atom. The van der Waals surface area contributed by atoms with E-state index in [1.807, 2.05) is 0 Å². The number of benzene rings is 1. The van der Waals surface area contributed by atoms with Crippen LogP contribution in [-0.4, -0.2) is 26.2 Å². The molecule has 1 fully saturated rings. The Hall–Kier alpha value is -1.42. The number of ether oxygens (including phenoxy) is 1. The zero-order chi connectivity index (χ0) is 11.5. The van der Waals surface area contributed by atoms with E-state index < -0.39 is 11.8 Å². The standard InChI is InChI=1S/C12H14FNO2/c1-16-12(15)10-3-2-8(6-11(10)13)9-4-5-14-7-9/h2-3,6,9,14H,4-5,7H2,1H3. The number of rotatable bonds is 2.